The summed E-state index contributed by atoms with van der Waals surface area (Å²) in [6, 6.07) is 2.97. The van der Waals surface area contributed by atoms with E-state index in [-0.39, 0.29) is 17.5 Å². The number of aromatic nitrogens is 2. The van der Waals surface area contributed by atoms with E-state index in [4.69, 9.17) is 9.47 Å². The summed E-state index contributed by atoms with van der Waals surface area (Å²) in [7, 11) is 1.48. The molecule has 0 radical (unpaired) electrons. The minimum absolute atomic E-state index is 0.234. The van der Waals surface area contributed by atoms with Crippen molar-refractivity contribution in [2.24, 2.45) is 0 Å². The number of nitrogens with zero attached hydrogens (tertiary/aromatic N) is 2. The van der Waals surface area contributed by atoms with Crippen LogP contribution in [0.3, 0.4) is 0 Å². The number of hydrogen-bond acceptors (Lipinski definition) is 6. The van der Waals surface area contributed by atoms with E-state index in [0.29, 0.717) is 29.8 Å². The zero-order valence-corrected chi connectivity index (χ0v) is 16.7. The molecule has 2 heterocycles. The number of nitrogens with one attached hydrogen (secondary N) is 1. The zero-order chi connectivity index (χ0) is 20.5. The van der Waals surface area contributed by atoms with Crippen LogP contribution in [0, 0.1) is 0 Å². The van der Waals surface area contributed by atoms with Crippen molar-refractivity contribution < 1.29 is 24.2 Å². The predicted octanol–water partition coefficient (Wildman–Crippen LogP) is 2.86. The van der Waals surface area contributed by atoms with E-state index in [1.165, 1.54) is 17.9 Å². The maximum absolute atomic E-state index is 12.9. The lowest BCUT2D eigenvalue weighted by atomic mass is 9.92. The van der Waals surface area contributed by atoms with Gasteiger partial charge in [-0.15, -0.1) is 0 Å². The lowest BCUT2D eigenvalue weighted by Crippen LogP contribution is -2.45. The third kappa shape index (κ3) is 4.27. The Morgan fingerprint density at radius 2 is 1.96 bits per heavy atom. The number of carbonyl (C=O) groups excluding carboxylic acids is 2. The van der Waals surface area contributed by atoms with Gasteiger partial charge in [-0.3, -0.25) is 9.36 Å². The Balaban J connectivity index is 1.98. The van der Waals surface area contributed by atoms with E-state index in [1.807, 2.05) is 0 Å². The first-order valence-electron chi connectivity index (χ1n) is 9.48. The third-order valence-corrected chi connectivity index (χ3v) is 4.71. The molecular formula is C20H27N3O5. The minimum atomic E-state index is -0.678. The number of aliphatic hydroxyl groups excluding tert-OH is 1. The molecule has 1 fully saturated rings. The van der Waals surface area contributed by atoms with Crippen LogP contribution in [-0.2, 0) is 4.74 Å². The molecule has 2 aromatic heterocycles. The van der Waals surface area contributed by atoms with Crippen molar-refractivity contribution in [3.63, 3.8) is 0 Å². The fraction of sp³-hybridized carbons (Fsp3) is 0.550. The molecule has 1 aliphatic rings. The van der Waals surface area contributed by atoms with Crippen LogP contribution in [0.2, 0.25) is 0 Å². The summed E-state index contributed by atoms with van der Waals surface area (Å²) in [4.78, 5) is 29.9. The van der Waals surface area contributed by atoms with Gasteiger partial charge in [0, 0.05) is 12.3 Å². The Kier molecular flexibility index (Phi) is 5.60. The molecule has 0 aromatic carbocycles. The van der Waals surface area contributed by atoms with Crippen LogP contribution in [0.1, 0.15) is 56.8 Å². The number of hydrogen-bond donors (Lipinski definition) is 2. The topological polar surface area (TPSA) is 103 Å². The monoisotopic (exact) mass is 389 g/mol. The largest absolute Gasteiger partial charge is 0.481 e. The summed E-state index contributed by atoms with van der Waals surface area (Å²) in [6.07, 6.45) is 3.54. The number of methoxy groups -OCH3 is 1. The highest BCUT2D eigenvalue weighted by Crippen LogP contribution is 2.25. The maximum Gasteiger partial charge on any atom is 0.419 e. The molecule has 8 nitrogen and oxygen atoms in total. The van der Waals surface area contributed by atoms with Gasteiger partial charge in [0.05, 0.1) is 30.3 Å². The van der Waals surface area contributed by atoms with Crippen molar-refractivity contribution in [2.45, 2.75) is 64.2 Å². The standard InChI is InChI=1S/C20H27N3O5/c1-20(2,3)28-19(26)23-11-12(17-14(23)9-10-16(22-17)27-4)18(25)21-13-7-5-6-8-15(13)24/h9-11,13,15,24H,5-8H2,1-4H3,(H,21,25)/t13-,15-/m0/s1. The molecule has 0 saturated heterocycles. The highest BCUT2D eigenvalue weighted by molar-refractivity contribution is 6.07. The van der Waals surface area contributed by atoms with Crippen LogP contribution in [0.15, 0.2) is 18.3 Å². The third-order valence-electron chi connectivity index (χ3n) is 4.71. The van der Waals surface area contributed by atoms with Gasteiger partial charge in [-0.1, -0.05) is 12.8 Å². The van der Waals surface area contributed by atoms with Gasteiger partial charge in [0.2, 0.25) is 5.88 Å². The molecule has 3 rings (SSSR count). The Bertz CT molecular complexity index is 884. The molecule has 0 unspecified atom stereocenters. The maximum atomic E-state index is 12.9. The lowest BCUT2D eigenvalue weighted by Gasteiger charge is -2.28. The zero-order valence-electron chi connectivity index (χ0n) is 16.7. The number of pyridine rings is 1. The van der Waals surface area contributed by atoms with Crippen molar-refractivity contribution in [3.05, 3.63) is 23.9 Å². The van der Waals surface area contributed by atoms with Gasteiger partial charge in [0.25, 0.3) is 5.91 Å². The summed E-state index contributed by atoms with van der Waals surface area (Å²) in [5.41, 5.74) is 0.345. The summed E-state index contributed by atoms with van der Waals surface area (Å²) in [6.45, 7) is 5.32. The first-order chi connectivity index (χ1) is 13.2. The van der Waals surface area contributed by atoms with Crippen molar-refractivity contribution in [2.75, 3.05) is 7.11 Å². The molecule has 0 bridgehead atoms. The summed E-state index contributed by atoms with van der Waals surface area (Å²) < 4.78 is 11.9. The molecule has 0 spiro atoms. The van der Waals surface area contributed by atoms with E-state index >= 15 is 0 Å². The second-order valence-electron chi connectivity index (χ2n) is 8.05. The van der Waals surface area contributed by atoms with Crippen LogP contribution < -0.4 is 10.1 Å². The second kappa shape index (κ2) is 7.79. The molecule has 2 aromatic rings. The van der Waals surface area contributed by atoms with E-state index in [1.54, 1.807) is 32.9 Å². The number of ether oxygens (including phenoxy) is 2. The smallest absolute Gasteiger partial charge is 0.419 e. The van der Waals surface area contributed by atoms with Crippen LogP contribution in [0.5, 0.6) is 5.88 Å². The van der Waals surface area contributed by atoms with Gasteiger partial charge >= 0.3 is 6.09 Å². The van der Waals surface area contributed by atoms with Crippen LogP contribution in [-0.4, -0.2) is 51.5 Å². The number of amides is 1. The summed E-state index contributed by atoms with van der Waals surface area (Å²) in [5, 5.41) is 13.0. The summed E-state index contributed by atoms with van der Waals surface area (Å²) >= 11 is 0. The van der Waals surface area contributed by atoms with E-state index in [9.17, 15) is 14.7 Å². The van der Waals surface area contributed by atoms with E-state index in [0.717, 1.165) is 12.8 Å². The molecule has 2 N–H and O–H groups in total. The van der Waals surface area contributed by atoms with Crippen molar-refractivity contribution in [3.8, 4) is 5.88 Å². The van der Waals surface area contributed by atoms with Gasteiger partial charge in [-0.05, 0) is 39.7 Å². The molecule has 8 heteroatoms. The Morgan fingerprint density at radius 1 is 1.25 bits per heavy atom. The van der Waals surface area contributed by atoms with Gasteiger partial charge < -0.3 is 19.9 Å². The van der Waals surface area contributed by atoms with Crippen LogP contribution in [0.4, 0.5) is 4.79 Å². The predicted molar refractivity (Wildman–Crippen MR) is 104 cm³/mol. The summed E-state index contributed by atoms with van der Waals surface area (Å²) in [5.74, 6) is -0.0554. The molecule has 1 saturated carbocycles. The Labute approximate surface area is 163 Å². The molecule has 1 amide bonds. The average molecular weight is 389 g/mol. The number of aliphatic hydroxyl groups is 1. The van der Waals surface area contributed by atoms with Crippen LogP contribution >= 0.6 is 0 Å². The minimum Gasteiger partial charge on any atom is -0.481 e. The molecular weight excluding hydrogens is 362 g/mol. The molecule has 0 aliphatic heterocycles. The number of rotatable bonds is 3. The Morgan fingerprint density at radius 3 is 2.61 bits per heavy atom. The Hall–Kier alpha value is -2.61. The van der Waals surface area contributed by atoms with Crippen molar-refractivity contribution in [1.82, 2.24) is 14.9 Å². The molecule has 1 aliphatic carbocycles. The van der Waals surface area contributed by atoms with Gasteiger partial charge in [0.15, 0.2) is 0 Å². The van der Waals surface area contributed by atoms with E-state index < -0.39 is 17.8 Å². The normalized spacial score (nSPS) is 20.0. The number of carbonyl (C=O) groups is 2. The van der Waals surface area contributed by atoms with Gasteiger partial charge in [0.1, 0.15) is 11.1 Å². The molecule has 28 heavy (non-hydrogen) atoms. The molecule has 2 atom stereocenters. The second-order valence-corrected chi connectivity index (χ2v) is 8.05. The van der Waals surface area contributed by atoms with Crippen molar-refractivity contribution in [1.29, 1.82) is 0 Å². The molecule has 152 valence electrons. The van der Waals surface area contributed by atoms with E-state index in [2.05, 4.69) is 10.3 Å². The van der Waals surface area contributed by atoms with Crippen molar-refractivity contribution >= 4 is 23.0 Å². The fourth-order valence-corrected chi connectivity index (χ4v) is 3.35. The highest BCUT2D eigenvalue weighted by atomic mass is 16.6. The quantitative estimate of drug-likeness (QED) is 0.837. The lowest BCUT2D eigenvalue weighted by molar-refractivity contribution is 0.0544. The number of fused-ring (bicyclic) bond motifs is 1. The first kappa shape index (κ1) is 20.1. The average Bonchev–Trinajstić information content (AvgIpc) is 3.01. The SMILES string of the molecule is COc1ccc2c(n1)c(C(=O)N[C@H]1CCCC[C@@H]1O)cn2C(=O)OC(C)(C)C. The van der Waals surface area contributed by atoms with Gasteiger partial charge in [-0.25, -0.2) is 9.78 Å². The highest BCUT2D eigenvalue weighted by Gasteiger charge is 2.28. The van der Waals surface area contributed by atoms with Crippen LogP contribution in [0.25, 0.3) is 11.0 Å². The van der Waals surface area contributed by atoms with Gasteiger partial charge in [-0.2, -0.15) is 0 Å². The first-order valence-corrected chi connectivity index (χ1v) is 9.48. The fourth-order valence-electron chi connectivity index (χ4n) is 3.35.